The molecule has 21 heavy (non-hydrogen) atoms. The Morgan fingerprint density at radius 3 is 2.33 bits per heavy atom. The van der Waals surface area contributed by atoms with E-state index < -0.39 is 5.41 Å². The highest BCUT2D eigenvalue weighted by atomic mass is 16.1. The van der Waals surface area contributed by atoms with E-state index in [1.807, 2.05) is 62.7 Å². The second kappa shape index (κ2) is 4.42. The molecule has 3 heteroatoms. The fourth-order valence-electron chi connectivity index (χ4n) is 2.99. The van der Waals surface area contributed by atoms with Gasteiger partial charge < -0.3 is 4.57 Å². The Morgan fingerprint density at radius 2 is 1.71 bits per heavy atom. The maximum absolute atomic E-state index is 12.6. The highest BCUT2D eigenvalue weighted by Crippen LogP contribution is 2.38. The largest absolute Gasteiger partial charge is 0.341 e. The van der Waals surface area contributed by atoms with Crippen LogP contribution in [0.5, 0.6) is 0 Å². The number of aromatic nitrogens is 1. The first kappa shape index (κ1) is 13.8. The highest BCUT2D eigenvalue weighted by molar-refractivity contribution is 6.16. The Bertz CT molecular complexity index is 748. The third kappa shape index (κ3) is 2.04. The molecule has 0 atom stereocenters. The van der Waals surface area contributed by atoms with Gasteiger partial charge in [0.05, 0.1) is 5.69 Å². The summed E-state index contributed by atoms with van der Waals surface area (Å²) in [5.41, 5.74) is 3.63. The maximum Gasteiger partial charge on any atom is 0.185 e. The van der Waals surface area contributed by atoms with Crippen molar-refractivity contribution < 1.29 is 9.59 Å². The van der Waals surface area contributed by atoms with E-state index in [0.717, 1.165) is 11.3 Å². The Hall–Kier alpha value is -2.16. The van der Waals surface area contributed by atoms with Crippen molar-refractivity contribution in [1.82, 2.24) is 4.57 Å². The number of rotatable bonds is 1. The average molecular weight is 281 g/mol. The van der Waals surface area contributed by atoms with Gasteiger partial charge in [-0.3, -0.25) is 9.59 Å². The van der Waals surface area contributed by atoms with Gasteiger partial charge in [-0.15, -0.1) is 0 Å². The number of aryl methyl sites for hydroxylation is 1. The fourth-order valence-corrected chi connectivity index (χ4v) is 2.99. The number of benzene rings is 1. The molecule has 0 radical (unpaired) electrons. The maximum atomic E-state index is 12.6. The fraction of sp³-hybridized carbons (Fsp3) is 0.333. The van der Waals surface area contributed by atoms with E-state index in [4.69, 9.17) is 0 Å². The van der Waals surface area contributed by atoms with Gasteiger partial charge in [0.25, 0.3) is 0 Å². The summed E-state index contributed by atoms with van der Waals surface area (Å²) < 4.78 is 1.86. The van der Waals surface area contributed by atoms with Crippen molar-refractivity contribution in [2.45, 2.75) is 27.2 Å². The van der Waals surface area contributed by atoms with Crippen LogP contribution in [-0.2, 0) is 7.05 Å². The van der Waals surface area contributed by atoms with Gasteiger partial charge >= 0.3 is 0 Å². The van der Waals surface area contributed by atoms with Crippen LogP contribution in [0, 0.1) is 12.3 Å². The van der Waals surface area contributed by atoms with Crippen LogP contribution in [0.25, 0.3) is 11.3 Å². The molecule has 3 nitrogen and oxygen atoms in total. The summed E-state index contributed by atoms with van der Waals surface area (Å²) in [6.45, 7) is 5.72. The van der Waals surface area contributed by atoms with Gasteiger partial charge in [-0.2, -0.15) is 0 Å². The predicted molar refractivity (Wildman–Crippen MR) is 82.6 cm³/mol. The summed E-state index contributed by atoms with van der Waals surface area (Å²) in [7, 11) is 1.86. The molecule has 3 rings (SSSR count). The SMILES string of the molecule is Cc1ccc(-c2cc3c(n2C)C(=O)C(C)(C)CC3=O)cc1. The number of carbonyl (C=O) groups excluding carboxylic acids is 2. The molecule has 0 saturated heterocycles. The molecule has 108 valence electrons. The molecular weight excluding hydrogens is 262 g/mol. The van der Waals surface area contributed by atoms with E-state index in [2.05, 4.69) is 0 Å². The Kier molecular flexibility index (Phi) is 2.90. The predicted octanol–water partition coefficient (Wildman–Crippen LogP) is 3.80. The first-order valence-corrected chi connectivity index (χ1v) is 7.16. The molecule has 0 fully saturated rings. The molecule has 1 aromatic carbocycles. The van der Waals surface area contributed by atoms with E-state index in [0.29, 0.717) is 11.3 Å². The molecule has 0 aliphatic heterocycles. The lowest BCUT2D eigenvalue weighted by atomic mass is 9.75. The number of hydrogen-bond donors (Lipinski definition) is 0. The third-order valence-corrected chi connectivity index (χ3v) is 4.31. The minimum Gasteiger partial charge on any atom is -0.341 e. The minimum absolute atomic E-state index is 0.0537. The number of Topliss-reactive ketones (excluding diaryl/α,β-unsaturated/α-hetero) is 2. The zero-order valence-corrected chi connectivity index (χ0v) is 12.9. The van der Waals surface area contributed by atoms with Crippen LogP contribution in [0.2, 0.25) is 0 Å². The summed E-state index contributed by atoms with van der Waals surface area (Å²) in [6.07, 6.45) is 0.288. The molecule has 1 aromatic heterocycles. The zero-order valence-electron chi connectivity index (χ0n) is 12.9. The molecule has 0 spiro atoms. The summed E-state index contributed by atoms with van der Waals surface area (Å²) in [6, 6.07) is 9.98. The second-order valence-corrected chi connectivity index (χ2v) is 6.53. The molecule has 0 N–H and O–H groups in total. The van der Waals surface area contributed by atoms with Crippen molar-refractivity contribution in [2.24, 2.45) is 12.5 Å². The minimum atomic E-state index is -0.610. The quantitative estimate of drug-likeness (QED) is 0.797. The number of fused-ring (bicyclic) bond motifs is 1. The van der Waals surface area contributed by atoms with E-state index >= 15 is 0 Å². The molecule has 0 saturated carbocycles. The standard InChI is InChI=1S/C18H19NO2/c1-11-5-7-12(8-6-11)14-9-13-15(20)10-18(2,3)17(21)16(13)19(14)4/h5-9H,10H2,1-4H3. The molecule has 0 bridgehead atoms. The van der Waals surface area contributed by atoms with Gasteiger partial charge in [0, 0.05) is 30.1 Å². The lowest BCUT2D eigenvalue weighted by molar-refractivity contribution is 0.0730. The number of ketones is 2. The molecular formula is C18H19NO2. The van der Waals surface area contributed by atoms with Crippen LogP contribution in [-0.4, -0.2) is 16.1 Å². The number of hydrogen-bond acceptors (Lipinski definition) is 2. The summed E-state index contributed by atoms with van der Waals surface area (Å²) in [4.78, 5) is 25.0. The van der Waals surface area contributed by atoms with Crippen LogP contribution >= 0.6 is 0 Å². The van der Waals surface area contributed by atoms with Gasteiger partial charge in [-0.05, 0) is 18.6 Å². The van der Waals surface area contributed by atoms with E-state index in [1.165, 1.54) is 5.56 Å². The Labute approximate surface area is 124 Å². The van der Waals surface area contributed by atoms with Crippen molar-refractivity contribution in [3.8, 4) is 11.3 Å². The number of nitrogens with zero attached hydrogens (tertiary/aromatic N) is 1. The molecule has 2 aromatic rings. The monoisotopic (exact) mass is 281 g/mol. The van der Waals surface area contributed by atoms with Crippen LogP contribution in [0.4, 0.5) is 0 Å². The third-order valence-electron chi connectivity index (χ3n) is 4.31. The Balaban J connectivity index is 2.20. The molecule has 1 heterocycles. The van der Waals surface area contributed by atoms with Crippen LogP contribution in [0.3, 0.4) is 0 Å². The van der Waals surface area contributed by atoms with Crippen molar-refractivity contribution >= 4 is 11.6 Å². The molecule has 0 amide bonds. The normalized spacial score (nSPS) is 17.0. The highest BCUT2D eigenvalue weighted by Gasteiger charge is 2.41. The van der Waals surface area contributed by atoms with Crippen molar-refractivity contribution in [3.63, 3.8) is 0 Å². The summed E-state index contributed by atoms with van der Waals surface area (Å²) >= 11 is 0. The van der Waals surface area contributed by atoms with Gasteiger partial charge in [0.15, 0.2) is 11.6 Å². The average Bonchev–Trinajstić information content (AvgIpc) is 2.75. The second-order valence-electron chi connectivity index (χ2n) is 6.53. The van der Waals surface area contributed by atoms with Crippen molar-refractivity contribution in [3.05, 3.63) is 47.2 Å². The topological polar surface area (TPSA) is 39.1 Å². The van der Waals surface area contributed by atoms with E-state index in [1.54, 1.807) is 0 Å². The van der Waals surface area contributed by atoms with Crippen molar-refractivity contribution in [2.75, 3.05) is 0 Å². The number of carbonyl (C=O) groups is 2. The van der Waals surface area contributed by atoms with Gasteiger partial charge in [0.2, 0.25) is 0 Å². The lowest BCUT2D eigenvalue weighted by Gasteiger charge is -2.27. The summed E-state index contributed by atoms with van der Waals surface area (Å²) in [5, 5.41) is 0. The first-order valence-electron chi connectivity index (χ1n) is 7.16. The Morgan fingerprint density at radius 1 is 1.10 bits per heavy atom. The smallest absolute Gasteiger partial charge is 0.185 e. The lowest BCUT2D eigenvalue weighted by Crippen LogP contribution is -2.34. The van der Waals surface area contributed by atoms with Gasteiger partial charge in [0.1, 0.15) is 0 Å². The van der Waals surface area contributed by atoms with Crippen LogP contribution in [0.1, 0.15) is 46.7 Å². The molecule has 1 aliphatic carbocycles. The van der Waals surface area contributed by atoms with Crippen LogP contribution < -0.4 is 0 Å². The summed E-state index contributed by atoms with van der Waals surface area (Å²) in [5.74, 6) is 0.113. The van der Waals surface area contributed by atoms with Gasteiger partial charge in [-0.25, -0.2) is 0 Å². The molecule has 1 aliphatic rings. The first-order chi connectivity index (χ1) is 9.81. The van der Waals surface area contributed by atoms with Gasteiger partial charge in [-0.1, -0.05) is 43.7 Å². The van der Waals surface area contributed by atoms with Crippen LogP contribution in [0.15, 0.2) is 30.3 Å². The molecule has 0 unspecified atom stereocenters. The van der Waals surface area contributed by atoms with Crippen molar-refractivity contribution in [1.29, 1.82) is 0 Å². The van der Waals surface area contributed by atoms with E-state index in [-0.39, 0.29) is 18.0 Å². The zero-order chi connectivity index (χ0) is 15.4. The van der Waals surface area contributed by atoms with E-state index in [9.17, 15) is 9.59 Å².